The molecule has 2 aromatic rings. The Kier molecular flexibility index (Phi) is 8.54. The Morgan fingerprint density at radius 2 is 1.68 bits per heavy atom. The number of aryl methyl sites for hydroxylation is 1. The van der Waals surface area contributed by atoms with Gasteiger partial charge in [-0.05, 0) is 31.5 Å². The number of carbonyl (C=O) groups excluding carboxylic acids is 2. The topological polar surface area (TPSA) is 62.6 Å². The van der Waals surface area contributed by atoms with E-state index in [2.05, 4.69) is 30.8 Å². The number of thioether (sulfide) groups is 1. The van der Waals surface area contributed by atoms with E-state index in [-0.39, 0.29) is 22.8 Å². The van der Waals surface area contributed by atoms with Gasteiger partial charge in [-0.2, -0.15) is 0 Å². The molecule has 0 aliphatic rings. The summed E-state index contributed by atoms with van der Waals surface area (Å²) in [4.78, 5) is 25.8. The summed E-state index contributed by atoms with van der Waals surface area (Å²) in [7, 11) is 4.21. The van der Waals surface area contributed by atoms with Crippen molar-refractivity contribution in [2.24, 2.45) is 0 Å². The fraction of sp³-hybridized carbons (Fsp3) is 0.364. The minimum Gasteiger partial charge on any atom is -0.351 e. The Labute approximate surface area is 171 Å². The first kappa shape index (κ1) is 22.0. The first-order chi connectivity index (χ1) is 13.3. The molecule has 0 heterocycles. The highest BCUT2D eigenvalue weighted by Crippen LogP contribution is 2.14. The molecule has 2 aromatic carbocycles. The smallest absolute Gasteiger partial charge is 0.234 e. The highest BCUT2D eigenvalue weighted by atomic mass is 32.2. The average Bonchev–Trinajstić information content (AvgIpc) is 2.66. The van der Waals surface area contributed by atoms with Gasteiger partial charge in [0.2, 0.25) is 11.8 Å². The molecule has 28 heavy (non-hydrogen) atoms. The molecule has 0 aliphatic carbocycles. The lowest BCUT2D eigenvalue weighted by molar-refractivity contribution is -0.872. The molecule has 2 rings (SSSR count). The lowest BCUT2D eigenvalue weighted by Gasteiger charge is -2.15. The van der Waals surface area contributed by atoms with Gasteiger partial charge in [0.05, 0.1) is 25.1 Å². The van der Waals surface area contributed by atoms with Crippen molar-refractivity contribution in [1.82, 2.24) is 5.32 Å². The van der Waals surface area contributed by atoms with Crippen LogP contribution in [0, 0.1) is 6.92 Å². The molecule has 3 N–H and O–H groups in total. The van der Waals surface area contributed by atoms with Crippen LogP contribution >= 0.6 is 11.8 Å². The maximum Gasteiger partial charge on any atom is 0.234 e. The van der Waals surface area contributed by atoms with Crippen molar-refractivity contribution < 1.29 is 14.5 Å². The van der Waals surface area contributed by atoms with Gasteiger partial charge >= 0.3 is 0 Å². The highest BCUT2D eigenvalue weighted by molar-refractivity contribution is 8.01. The van der Waals surface area contributed by atoms with Crippen LogP contribution in [0.2, 0.25) is 0 Å². The fourth-order valence-corrected chi connectivity index (χ4v) is 3.43. The van der Waals surface area contributed by atoms with Gasteiger partial charge in [0.25, 0.3) is 0 Å². The van der Waals surface area contributed by atoms with Gasteiger partial charge in [0.1, 0.15) is 6.54 Å². The number of anilines is 1. The molecule has 0 saturated heterocycles. The minimum atomic E-state index is -0.296. The molecule has 0 saturated carbocycles. The molecule has 2 amide bonds. The second-order valence-electron chi connectivity index (χ2n) is 7.24. The van der Waals surface area contributed by atoms with Crippen LogP contribution in [0.3, 0.4) is 0 Å². The van der Waals surface area contributed by atoms with Gasteiger partial charge < -0.3 is 15.5 Å². The average molecular weight is 401 g/mol. The Bertz CT molecular complexity index is 791. The first-order valence-electron chi connectivity index (χ1n) is 9.47. The van der Waals surface area contributed by atoms with Crippen LogP contribution in [0.1, 0.15) is 23.6 Å². The van der Waals surface area contributed by atoms with Crippen LogP contribution in [0.4, 0.5) is 5.69 Å². The molecule has 1 atom stereocenters. The predicted molar refractivity (Wildman–Crippen MR) is 117 cm³/mol. The molecule has 0 unspecified atom stereocenters. The molecule has 0 aromatic heterocycles. The van der Waals surface area contributed by atoms with Gasteiger partial charge in [-0.1, -0.05) is 42.0 Å². The lowest BCUT2D eigenvalue weighted by Crippen LogP contribution is -3.04. The second kappa shape index (κ2) is 10.9. The van der Waals surface area contributed by atoms with Gasteiger partial charge in [-0.25, -0.2) is 0 Å². The molecule has 150 valence electrons. The Balaban J connectivity index is 1.78. The third-order valence-corrected chi connectivity index (χ3v) is 5.43. The van der Waals surface area contributed by atoms with Crippen LogP contribution in [-0.4, -0.2) is 36.9 Å². The summed E-state index contributed by atoms with van der Waals surface area (Å²) < 4.78 is 0. The van der Waals surface area contributed by atoms with Crippen molar-refractivity contribution in [2.45, 2.75) is 32.2 Å². The van der Waals surface area contributed by atoms with Crippen LogP contribution in [-0.2, 0) is 22.7 Å². The number of quaternary nitrogens is 1. The summed E-state index contributed by atoms with van der Waals surface area (Å²) in [5.41, 5.74) is 4.28. The number of amides is 2. The van der Waals surface area contributed by atoms with Crippen LogP contribution in [0.15, 0.2) is 48.5 Å². The largest absolute Gasteiger partial charge is 0.351 e. The van der Waals surface area contributed by atoms with E-state index < -0.39 is 0 Å². The van der Waals surface area contributed by atoms with E-state index >= 15 is 0 Å². The van der Waals surface area contributed by atoms with Crippen molar-refractivity contribution in [2.75, 3.05) is 25.2 Å². The van der Waals surface area contributed by atoms with E-state index in [1.165, 1.54) is 22.2 Å². The highest BCUT2D eigenvalue weighted by Gasteiger charge is 2.16. The molecule has 0 aliphatic heterocycles. The van der Waals surface area contributed by atoms with Gasteiger partial charge in [0, 0.05) is 17.8 Å². The van der Waals surface area contributed by atoms with E-state index in [0.29, 0.717) is 6.54 Å². The zero-order chi connectivity index (χ0) is 20.5. The zero-order valence-electron chi connectivity index (χ0n) is 17.0. The van der Waals surface area contributed by atoms with Crippen molar-refractivity contribution in [3.05, 3.63) is 65.2 Å². The van der Waals surface area contributed by atoms with Gasteiger partial charge in [-0.15, -0.1) is 11.8 Å². The molecular formula is C22H30N3O2S+. The third kappa shape index (κ3) is 7.37. The Hall–Kier alpha value is -2.31. The number of rotatable bonds is 9. The SMILES string of the molecule is Cc1ccc(NC(=O)CS[C@@H](C)C(=O)NCc2ccccc2C[NH+](C)C)cc1. The van der Waals surface area contributed by atoms with E-state index in [9.17, 15) is 9.59 Å². The maximum atomic E-state index is 12.4. The molecule has 0 radical (unpaired) electrons. The minimum absolute atomic E-state index is 0.0554. The van der Waals surface area contributed by atoms with Crippen LogP contribution in [0.25, 0.3) is 0 Å². The summed E-state index contributed by atoms with van der Waals surface area (Å²) >= 11 is 1.34. The second-order valence-corrected chi connectivity index (χ2v) is 8.57. The number of hydrogen-bond acceptors (Lipinski definition) is 3. The normalized spacial score (nSPS) is 11.9. The van der Waals surface area contributed by atoms with Crippen LogP contribution in [0.5, 0.6) is 0 Å². The molecular weight excluding hydrogens is 370 g/mol. The van der Waals surface area contributed by atoms with Gasteiger partial charge in [-0.3, -0.25) is 9.59 Å². The number of hydrogen-bond donors (Lipinski definition) is 3. The van der Waals surface area contributed by atoms with Crippen LogP contribution < -0.4 is 15.5 Å². The van der Waals surface area contributed by atoms with E-state index in [1.807, 2.05) is 56.3 Å². The Morgan fingerprint density at radius 1 is 1.04 bits per heavy atom. The zero-order valence-corrected chi connectivity index (χ0v) is 17.9. The number of nitrogens with one attached hydrogen (secondary N) is 3. The summed E-state index contributed by atoms with van der Waals surface area (Å²) in [6.45, 7) is 5.25. The van der Waals surface area contributed by atoms with E-state index in [0.717, 1.165) is 23.4 Å². The monoisotopic (exact) mass is 400 g/mol. The third-order valence-electron chi connectivity index (χ3n) is 4.28. The van der Waals surface area contributed by atoms with E-state index in [1.54, 1.807) is 0 Å². The van der Waals surface area contributed by atoms with E-state index in [4.69, 9.17) is 0 Å². The number of carbonyl (C=O) groups is 2. The molecule has 5 nitrogen and oxygen atoms in total. The number of benzene rings is 2. The molecule has 6 heteroatoms. The summed E-state index contributed by atoms with van der Waals surface area (Å²) in [5, 5.41) is 5.55. The fourth-order valence-electron chi connectivity index (χ4n) is 2.72. The molecule has 0 spiro atoms. The van der Waals surface area contributed by atoms with Crippen molar-refractivity contribution >= 4 is 29.3 Å². The predicted octanol–water partition coefficient (Wildman–Crippen LogP) is 2.02. The summed E-state index contributed by atoms with van der Waals surface area (Å²) in [5.74, 6) is 0.0798. The molecule has 0 fully saturated rings. The lowest BCUT2D eigenvalue weighted by atomic mass is 10.1. The summed E-state index contributed by atoms with van der Waals surface area (Å²) in [6.07, 6.45) is 0. The van der Waals surface area contributed by atoms with Crippen molar-refractivity contribution in [3.63, 3.8) is 0 Å². The molecule has 0 bridgehead atoms. The Morgan fingerprint density at radius 3 is 2.32 bits per heavy atom. The maximum absolute atomic E-state index is 12.4. The quantitative estimate of drug-likeness (QED) is 0.603. The van der Waals surface area contributed by atoms with Crippen molar-refractivity contribution in [1.29, 1.82) is 0 Å². The van der Waals surface area contributed by atoms with Crippen molar-refractivity contribution in [3.8, 4) is 0 Å². The summed E-state index contributed by atoms with van der Waals surface area (Å²) in [6, 6.07) is 15.8. The van der Waals surface area contributed by atoms with Gasteiger partial charge in [0.15, 0.2) is 0 Å². The standard InChI is InChI=1S/C22H29N3O2S/c1-16-9-11-20(12-10-16)24-21(26)15-28-17(2)22(27)23-13-18-7-5-6-8-19(18)14-25(3)4/h5-12,17H,13-15H2,1-4H3,(H,23,27)(H,24,26)/p+1/t17-/m0/s1. The first-order valence-corrected chi connectivity index (χ1v) is 10.5.